The number of hydrogen-bond acceptors (Lipinski definition) is 3. The first kappa shape index (κ1) is 12.7. The molecule has 1 aromatic carbocycles. The summed E-state index contributed by atoms with van der Waals surface area (Å²) in [4.78, 5) is 4.56. The zero-order chi connectivity index (χ0) is 13.9. The second-order valence-electron chi connectivity index (χ2n) is 4.69. The van der Waals surface area contributed by atoms with Crippen molar-refractivity contribution < 1.29 is 9.13 Å². The number of nitrogens with one attached hydrogen (secondary N) is 1. The molecule has 2 heterocycles. The van der Waals surface area contributed by atoms with E-state index in [9.17, 15) is 4.39 Å². The van der Waals surface area contributed by atoms with Gasteiger partial charge in [0.05, 0.1) is 5.69 Å². The van der Waals surface area contributed by atoms with Crippen LogP contribution in [0, 0.1) is 0 Å². The van der Waals surface area contributed by atoms with E-state index >= 15 is 0 Å². The Kier molecular flexibility index (Phi) is 3.41. The number of ether oxygens (including phenoxy) is 1. The summed E-state index contributed by atoms with van der Waals surface area (Å²) < 4.78 is 19.2. The van der Waals surface area contributed by atoms with Crippen LogP contribution in [0.25, 0.3) is 17.5 Å². The van der Waals surface area contributed by atoms with Gasteiger partial charge in [0.15, 0.2) is 0 Å². The van der Waals surface area contributed by atoms with Crippen molar-refractivity contribution in [2.24, 2.45) is 0 Å². The van der Waals surface area contributed by atoms with Crippen LogP contribution < -0.4 is 10.1 Å². The van der Waals surface area contributed by atoms with E-state index in [1.165, 1.54) is 0 Å². The third kappa shape index (κ3) is 2.52. The van der Waals surface area contributed by atoms with E-state index in [4.69, 9.17) is 4.74 Å². The molecule has 1 aliphatic heterocycles. The Balaban J connectivity index is 1.81. The molecule has 4 nitrogen and oxygen atoms in total. The van der Waals surface area contributed by atoms with Crippen LogP contribution in [-0.4, -0.2) is 28.9 Å². The van der Waals surface area contributed by atoms with Gasteiger partial charge in [-0.25, -0.2) is 9.37 Å². The van der Waals surface area contributed by atoms with Gasteiger partial charge in [-0.3, -0.25) is 4.57 Å². The van der Waals surface area contributed by atoms with Gasteiger partial charge in [-0.05, 0) is 37.3 Å². The van der Waals surface area contributed by atoms with Crippen molar-refractivity contribution in [1.29, 1.82) is 0 Å². The summed E-state index contributed by atoms with van der Waals surface area (Å²) >= 11 is 0. The Hall–Kier alpha value is -2.30. The third-order valence-corrected chi connectivity index (χ3v) is 3.12. The molecule has 1 aromatic heterocycles. The number of benzene rings is 1. The van der Waals surface area contributed by atoms with Gasteiger partial charge in [0.2, 0.25) is 5.95 Å². The Morgan fingerprint density at radius 1 is 1.35 bits per heavy atom. The lowest BCUT2D eigenvalue weighted by atomic mass is 10.2. The minimum absolute atomic E-state index is 0.0880. The van der Waals surface area contributed by atoms with Crippen molar-refractivity contribution in [3.63, 3.8) is 0 Å². The van der Waals surface area contributed by atoms with Crippen molar-refractivity contribution in [3.8, 4) is 17.0 Å². The topological polar surface area (TPSA) is 39.1 Å². The molecule has 2 aromatic rings. The largest absolute Gasteiger partial charge is 0.491 e. The smallest absolute Gasteiger partial charge is 0.208 e. The molecule has 0 amide bonds. The van der Waals surface area contributed by atoms with E-state index in [1.54, 1.807) is 0 Å². The number of alkyl halides is 1. The minimum atomic E-state index is -0.480. The number of rotatable bonds is 4. The van der Waals surface area contributed by atoms with Gasteiger partial charge in [0.1, 0.15) is 19.0 Å². The summed E-state index contributed by atoms with van der Waals surface area (Å²) in [5, 5.41) is 3.29. The first-order valence-corrected chi connectivity index (χ1v) is 6.59. The number of nitrogens with zero attached hydrogens (tertiary/aromatic N) is 2. The number of aromatic nitrogens is 2. The third-order valence-electron chi connectivity index (χ3n) is 3.12. The lowest BCUT2D eigenvalue weighted by Gasteiger charge is -2.15. The van der Waals surface area contributed by atoms with Crippen molar-refractivity contribution in [1.82, 2.24) is 9.55 Å². The average Bonchev–Trinajstić information content (AvgIpc) is 2.88. The highest BCUT2D eigenvalue weighted by molar-refractivity contribution is 5.64. The predicted octanol–water partition coefficient (Wildman–Crippen LogP) is 3.18. The zero-order valence-electron chi connectivity index (χ0n) is 11.2. The maximum absolute atomic E-state index is 12.0. The monoisotopic (exact) mass is 273 g/mol. The Morgan fingerprint density at radius 3 is 2.90 bits per heavy atom. The fraction of sp³-hybridized carbons (Fsp3) is 0.267. The number of anilines is 1. The first-order chi connectivity index (χ1) is 9.76. The fourth-order valence-electron chi connectivity index (χ4n) is 2.11. The van der Waals surface area contributed by atoms with E-state index in [0.29, 0.717) is 5.75 Å². The number of fused-ring (bicyclic) bond motifs is 1. The Bertz CT molecular complexity index is 619. The van der Waals surface area contributed by atoms with Crippen LogP contribution in [0.5, 0.6) is 5.75 Å². The van der Waals surface area contributed by atoms with Gasteiger partial charge in [-0.15, -0.1) is 0 Å². The van der Waals surface area contributed by atoms with Gasteiger partial charge in [0.25, 0.3) is 0 Å². The van der Waals surface area contributed by atoms with Crippen LogP contribution >= 0.6 is 0 Å². The lowest BCUT2D eigenvalue weighted by molar-refractivity contribution is 0.273. The molecular formula is C15H16FN3O. The molecule has 20 heavy (non-hydrogen) atoms. The molecule has 104 valence electrons. The summed E-state index contributed by atoms with van der Waals surface area (Å²) in [6.07, 6.45) is 6.06. The van der Waals surface area contributed by atoms with Crippen LogP contribution in [0.3, 0.4) is 0 Å². The Labute approximate surface area is 116 Å². The summed E-state index contributed by atoms with van der Waals surface area (Å²) in [5.74, 6) is 1.51. The fourth-order valence-corrected chi connectivity index (χ4v) is 2.11. The molecule has 0 bridgehead atoms. The summed E-state index contributed by atoms with van der Waals surface area (Å²) in [5.41, 5.74) is 1.89. The molecule has 0 aliphatic carbocycles. The molecule has 0 saturated heterocycles. The Morgan fingerprint density at radius 2 is 2.15 bits per heavy atom. The van der Waals surface area contributed by atoms with E-state index in [0.717, 1.165) is 17.2 Å². The highest BCUT2D eigenvalue weighted by Gasteiger charge is 2.13. The molecule has 3 rings (SSSR count). The number of halogens is 1. The SMILES string of the molecule is CC1C=Cn2cc(-c3ccc(OCCF)cc3)nc2N1. The predicted molar refractivity (Wildman–Crippen MR) is 77.5 cm³/mol. The second kappa shape index (κ2) is 5.36. The van der Waals surface area contributed by atoms with E-state index in [1.807, 2.05) is 41.2 Å². The van der Waals surface area contributed by atoms with Gasteiger partial charge < -0.3 is 10.1 Å². The van der Waals surface area contributed by atoms with Crippen LogP contribution in [0.4, 0.5) is 10.3 Å². The van der Waals surface area contributed by atoms with E-state index < -0.39 is 6.67 Å². The van der Waals surface area contributed by atoms with Crippen molar-refractivity contribution in [3.05, 3.63) is 36.5 Å². The van der Waals surface area contributed by atoms with Crippen molar-refractivity contribution in [2.75, 3.05) is 18.6 Å². The maximum atomic E-state index is 12.0. The molecule has 1 aliphatic rings. The zero-order valence-corrected chi connectivity index (χ0v) is 11.2. The molecule has 0 radical (unpaired) electrons. The van der Waals surface area contributed by atoms with E-state index in [2.05, 4.69) is 23.3 Å². The van der Waals surface area contributed by atoms with Gasteiger partial charge in [-0.1, -0.05) is 0 Å². The van der Waals surface area contributed by atoms with Gasteiger partial charge in [-0.2, -0.15) is 0 Å². The number of imidazole rings is 1. The standard InChI is InChI=1S/C15H16FN3O/c1-11-6-8-19-10-14(18-15(19)17-11)12-2-4-13(5-3-12)20-9-7-16/h2-6,8,10-11H,7,9H2,1H3,(H,17,18). The van der Waals surface area contributed by atoms with Crippen molar-refractivity contribution in [2.45, 2.75) is 13.0 Å². The normalized spacial score (nSPS) is 16.6. The van der Waals surface area contributed by atoms with Crippen LogP contribution in [0.2, 0.25) is 0 Å². The quantitative estimate of drug-likeness (QED) is 0.930. The maximum Gasteiger partial charge on any atom is 0.208 e. The molecule has 0 fully saturated rings. The van der Waals surface area contributed by atoms with Crippen LogP contribution in [-0.2, 0) is 0 Å². The molecule has 1 unspecified atom stereocenters. The van der Waals surface area contributed by atoms with Crippen LogP contribution in [0.1, 0.15) is 6.92 Å². The molecular weight excluding hydrogens is 257 g/mol. The molecule has 1 N–H and O–H groups in total. The average molecular weight is 273 g/mol. The highest BCUT2D eigenvalue weighted by atomic mass is 19.1. The van der Waals surface area contributed by atoms with Gasteiger partial charge >= 0.3 is 0 Å². The molecule has 5 heteroatoms. The number of hydrogen-bond donors (Lipinski definition) is 1. The summed E-state index contributed by atoms with van der Waals surface area (Å²) in [6.45, 7) is 1.68. The second-order valence-corrected chi connectivity index (χ2v) is 4.69. The van der Waals surface area contributed by atoms with Crippen molar-refractivity contribution >= 4 is 12.1 Å². The highest BCUT2D eigenvalue weighted by Crippen LogP contribution is 2.25. The van der Waals surface area contributed by atoms with Gasteiger partial charge in [0, 0.05) is 24.0 Å². The molecule has 1 atom stereocenters. The van der Waals surface area contributed by atoms with E-state index in [-0.39, 0.29) is 12.6 Å². The lowest BCUT2D eigenvalue weighted by Crippen LogP contribution is -2.18. The van der Waals surface area contributed by atoms with Crippen LogP contribution in [0.15, 0.2) is 36.5 Å². The minimum Gasteiger partial charge on any atom is -0.491 e. The summed E-state index contributed by atoms with van der Waals surface area (Å²) in [7, 11) is 0. The summed E-state index contributed by atoms with van der Waals surface area (Å²) in [6, 6.07) is 7.79. The molecule has 0 saturated carbocycles. The first-order valence-electron chi connectivity index (χ1n) is 6.59. The molecule has 0 spiro atoms.